The van der Waals surface area contributed by atoms with Gasteiger partial charge < -0.3 is 10.5 Å². The maximum absolute atomic E-state index is 11.3. The van der Waals surface area contributed by atoms with E-state index in [-0.39, 0.29) is 16.7 Å². The molecule has 0 unspecified atom stereocenters. The Balaban J connectivity index is 2.40. The number of rotatable bonds is 4. The first-order valence-electron chi connectivity index (χ1n) is 5.61. The van der Waals surface area contributed by atoms with Crippen molar-refractivity contribution in [3.8, 4) is 5.88 Å². The van der Waals surface area contributed by atoms with Crippen molar-refractivity contribution in [2.24, 2.45) is 7.05 Å². The van der Waals surface area contributed by atoms with Crippen molar-refractivity contribution in [3.63, 3.8) is 0 Å². The highest BCUT2D eigenvalue weighted by atomic mass is 32.2. The first-order chi connectivity index (χ1) is 9.52. The first-order valence-corrected chi connectivity index (χ1v) is 6.43. The summed E-state index contributed by atoms with van der Waals surface area (Å²) >= 11 is 1.03. The Morgan fingerprint density at radius 3 is 2.90 bits per heavy atom. The molecular weight excluding hydrogens is 284 g/mol. The molecule has 10 heteroatoms. The lowest BCUT2D eigenvalue weighted by molar-refractivity contribution is 0.327. The molecule has 0 aliphatic heterocycles. The molecule has 106 valence electrons. The molecule has 0 aliphatic carbocycles. The molecule has 2 rings (SSSR count). The number of nitrogens with two attached hydrogens (primary N) is 1. The lowest BCUT2D eigenvalue weighted by Gasteiger charge is -2.09. The summed E-state index contributed by atoms with van der Waals surface area (Å²) in [5.74, 6) is 0.263. The number of ether oxygens (including phenoxy) is 1. The van der Waals surface area contributed by atoms with Crippen LogP contribution in [0.15, 0.2) is 26.1 Å². The third-order valence-corrected chi connectivity index (χ3v) is 3.29. The number of aromatic amines is 1. The van der Waals surface area contributed by atoms with Crippen LogP contribution in [0.1, 0.15) is 6.92 Å². The van der Waals surface area contributed by atoms with Crippen LogP contribution >= 0.6 is 11.8 Å². The van der Waals surface area contributed by atoms with Crippen molar-refractivity contribution in [2.75, 3.05) is 12.3 Å². The molecule has 0 aliphatic rings. The Hall–Kier alpha value is -2.36. The van der Waals surface area contributed by atoms with Gasteiger partial charge in [-0.15, -0.1) is 0 Å². The number of nitrogens with one attached hydrogen (secondary N) is 1. The van der Waals surface area contributed by atoms with Crippen LogP contribution < -0.4 is 21.6 Å². The fourth-order valence-corrected chi connectivity index (χ4v) is 2.12. The molecule has 0 bridgehead atoms. The van der Waals surface area contributed by atoms with Crippen molar-refractivity contribution in [1.29, 1.82) is 0 Å². The largest absolute Gasteiger partial charge is 0.476 e. The van der Waals surface area contributed by atoms with Gasteiger partial charge in [-0.05, 0) is 18.7 Å². The number of hydrogen-bond acceptors (Lipinski definition) is 8. The minimum Gasteiger partial charge on any atom is -0.476 e. The normalized spacial score (nSPS) is 10.5. The summed E-state index contributed by atoms with van der Waals surface area (Å²) in [5, 5.41) is 2.98. The number of nitrogen functional groups attached to an aromatic ring is 1. The van der Waals surface area contributed by atoms with Gasteiger partial charge in [0, 0.05) is 7.05 Å². The fourth-order valence-electron chi connectivity index (χ4n) is 1.34. The molecule has 9 nitrogen and oxygen atoms in total. The van der Waals surface area contributed by atoms with E-state index >= 15 is 0 Å². The van der Waals surface area contributed by atoms with Crippen LogP contribution in [0.4, 0.5) is 5.69 Å². The molecule has 0 saturated carbocycles. The molecule has 0 aromatic carbocycles. The molecular formula is C10H12N6O3S. The standard InChI is InChI=1S/C10H12N6O3S/c1-3-19-8-5(11)9(13-4-12-8)20-10-14-6(17)7(18)15-16(10)2/h4H,3,11H2,1-2H3,(H,15,18). The van der Waals surface area contributed by atoms with Crippen LogP contribution in [-0.4, -0.2) is 31.3 Å². The van der Waals surface area contributed by atoms with Crippen LogP contribution in [-0.2, 0) is 7.05 Å². The van der Waals surface area contributed by atoms with Crippen LogP contribution in [0.25, 0.3) is 0 Å². The number of aryl methyl sites for hydroxylation is 1. The molecule has 0 atom stereocenters. The quantitative estimate of drug-likeness (QED) is 0.564. The van der Waals surface area contributed by atoms with E-state index in [1.165, 1.54) is 11.0 Å². The van der Waals surface area contributed by atoms with Crippen molar-refractivity contribution in [1.82, 2.24) is 24.7 Å². The number of aromatic nitrogens is 5. The van der Waals surface area contributed by atoms with Gasteiger partial charge in [-0.1, -0.05) is 0 Å². The van der Waals surface area contributed by atoms with Crippen molar-refractivity contribution in [2.45, 2.75) is 17.1 Å². The van der Waals surface area contributed by atoms with E-state index in [0.29, 0.717) is 11.6 Å². The Labute approximate surface area is 117 Å². The van der Waals surface area contributed by atoms with Gasteiger partial charge in [0.25, 0.3) is 0 Å². The van der Waals surface area contributed by atoms with E-state index in [9.17, 15) is 9.59 Å². The molecule has 20 heavy (non-hydrogen) atoms. The predicted molar refractivity (Wildman–Crippen MR) is 71.8 cm³/mol. The van der Waals surface area contributed by atoms with Gasteiger partial charge >= 0.3 is 11.1 Å². The summed E-state index contributed by atoms with van der Waals surface area (Å²) in [6, 6.07) is 0. The molecule has 0 fully saturated rings. The second kappa shape index (κ2) is 5.74. The lowest BCUT2D eigenvalue weighted by Crippen LogP contribution is -2.33. The Morgan fingerprint density at radius 1 is 1.45 bits per heavy atom. The molecule has 2 aromatic heterocycles. The number of hydrogen-bond donors (Lipinski definition) is 2. The van der Waals surface area contributed by atoms with E-state index in [1.807, 2.05) is 6.92 Å². The Bertz CT molecular complexity index is 741. The van der Waals surface area contributed by atoms with Gasteiger partial charge in [-0.2, -0.15) is 9.97 Å². The number of anilines is 1. The molecule has 3 N–H and O–H groups in total. The third-order valence-electron chi connectivity index (χ3n) is 2.23. The average Bonchev–Trinajstić information content (AvgIpc) is 2.40. The molecule has 0 radical (unpaired) electrons. The van der Waals surface area contributed by atoms with Crippen LogP contribution in [0.5, 0.6) is 5.88 Å². The average molecular weight is 296 g/mol. The fraction of sp³-hybridized carbons (Fsp3) is 0.300. The van der Waals surface area contributed by atoms with E-state index in [4.69, 9.17) is 10.5 Å². The van der Waals surface area contributed by atoms with Gasteiger partial charge in [0.1, 0.15) is 17.0 Å². The maximum atomic E-state index is 11.3. The number of H-pyrrole nitrogens is 1. The summed E-state index contributed by atoms with van der Waals surface area (Å²) in [7, 11) is 1.55. The second-order valence-electron chi connectivity index (χ2n) is 3.63. The monoisotopic (exact) mass is 296 g/mol. The Morgan fingerprint density at radius 2 is 2.20 bits per heavy atom. The van der Waals surface area contributed by atoms with Gasteiger partial charge in [-0.25, -0.2) is 4.98 Å². The molecule has 0 spiro atoms. The summed E-state index contributed by atoms with van der Waals surface area (Å²) in [6.45, 7) is 2.22. The van der Waals surface area contributed by atoms with Gasteiger partial charge in [0.2, 0.25) is 5.88 Å². The van der Waals surface area contributed by atoms with Gasteiger partial charge in [0.05, 0.1) is 6.61 Å². The van der Waals surface area contributed by atoms with Crippen molar-refractivity contribution >= 4 is 17.4 Å². The minimum absolute atomic E-state index is 0.250. The minimum atomic E-state index is -0.872. The van der Waals surface area contributed by atoms with E-state index in [1.54, 1.807) is 7.05 Å². The van der Waals surface area contributed by atoms with Crippen LogP contribution in [0, 0.1) is 0 Å². The zero-order valence-electron chi connectivity index (χ0n) is 10.8. The topological polar surface area (TPSA) is 129 Å². The van der Waals surface area contributed by atoms with Crippen molar-refractivity contribution < 1.29 is 4.74 Å². The summed E-state index contributed by atoms with van der Waals surface area (Å²) in [4.78, 5) is 34.0. The van der Waals surface area contributed by atoms with Gasteiger partial charge in [-0.3, -0.25) is 19.4 Å². The Kier molecular flexibility index (Phi) is 4.03. The molecule has 0 saturated heterocycles. The molecule has 2 heterocycles. The zero-order valence-corrected chi connectivity index (χ0v) is 11.6. The molecule has 2 aromatic rings. The van der Waals surface area contributed by atoms with Crippen LogP contribution in [0.3, 0.4) is 0 Å². The third kappa shape index (κ3) is 2.79. The number of nitrogens with zero attached hydrogens (tertiary/aromatic N) is 4. The highest BCUT2D eigenvalue weighted by Gasteiger charge is 2.13. The summed E-state index contributed by atoms with van der Waals surface area (Å²) < 4.78 is 6.57. The smallest absolute Gasteiger partial charge is 0.339 e. The first kappa shape index (κ1) is 14.1. The van der Waals surface area contributed by atoms with E-state index in [2.05, 4.69) is 20.1 Å². The maximum Gasteiger partial charge on any atom is 0.339 e. The van der Waals surface area contributed by atoms with E-state index < -0.39 is 11.1 Å². The van der Waals surface area contributed by atoms with E-state index in [0.717, 1.165) is 11.8 Å². The van der Waals surface area contributed by atoms with Crippen molar-refractivity contribution in [3.05, 3.63) is 27.0 Å². The lowest BCUT2D eigenvalue weighted by atomic mass is 10.5. The summed E-state index contributed by atoms with van der Waals surface area (Å²) in [6.07, 6.45) is 1.30. The zero-order chi connectivity index (χ0) is 14.7. The van der Waals surface area contributed by atoms with Gasteiger partial charge in [0.15, 0.2) is 5.16 Å². The second-order valence-corrected chi connectivity index (χ2v) is 4.59. The predicted octanol–water partition coefficient (Wildman–Crippen LogP) is -0.609. The molecule has 0 amide bonds. The highest BCUT2D eigenvalue weighted by molar-refractivity contribution is 7.99. The van der Waals surface area contributed by atoms with Crippen LogP contribution in [0.2, 0.25) is 0 Å². The SMILES string of the molecule is CCOc1ncnc(Sc2nc(=O)c(=O)[nH]n2C)c1N. The summed E-state index contributed by atoms with van der Waals surface area (Å²) in [5.41, 5.74) is 4.47. The highest BCUT2D eigenvalue weighted by Crippen LogP contribution is 2.31.